The number of rotatable bonds is 3. The minimum Gasteiger partial charge on any atom is -0.429 e. The van der Waals surface area contributed by atoms with Crippen LogP contribution in [0.2, 0.25) is 0 Å². The van der Waals surface area contributed by atoms with E-state index in [1.165, 1.54) is 16.2 Å². The average Bonchev–Trinajstić information content (AvgIpc) is 3.17. The van der Waals surface area contributed by atoms with Gasteiger partial charge in [0, 0.05) is 17.7 Å². The number of fused-ring (bicyclic) bond motifs is 2. The van der Waals surface area contributed by atoms with Crippen molar-refractivity contribution in [1.29, 1.82) is 0 Å². The number of carbonyl (C=O) groups excluding carboxylic acids is 2. The number of hydrogen-bond acceptors (Lipinski definition) is 5. The molecule has 1 saturated carbocycles. The topological polar surface area (TPSA) is 52.6 Å². The molecule has 0 aromatic carbocycles. The van der Waals surface area contributed by atoms with E-state index in [9.17, 15) is 9.59 Å². The van der Waals surface area contributed by atoms with Gasteiger partial charge in [-0.3, -0.25) is 4.79 Å². The molecule has 0 aromatic heterocycles. The lowest BCUT2D eigenvalue weighted by Crippen LogP contribution is -2.13. The number of thioether (sulfide) groups is 1. The Morgan fingerprint density at radius 1 is 1.36 bits per heavy atom. The summed E-state index contributed by atoms with van der Waals surface area (Å²) in [4.78, 5) is 25.1. The predicted molar refractivity (Wildman–Crippen MR) is 83.0 cm³/mol. The molecule has 3 atom stereocenters. The number of allylic oxidation sites excluding steroid dienone is 3. The normalized spacial score (nSPS) is 35.2. The molecule has 22 heavy (non-hydrogen) atoms. The third-order valence-corrected chi connectivity index (χ3v) is 6.15. The fourth-order valence-corrected chi connectivity index (χ4v) is 5.19. The first kappa shape index (κ1) is 14.3. The van der Waals surface area contributed by atoms with Crippen LogP contribution in [0.1, 0.15) is 26.2 Å². The standard InChI is InChI=1S/C17H18O4S/c1-9-6-16(21-17(9)19)20-4-2-10-13-8-15-11(3-5-22-15)12(13)7-14(10)18/h2,6,12-13,16H,3-5,7-8H2,1H3/b10-2+. The lowest BCUT2D eigenvalue weighted by Gasteiger charge is -2.14. The van der Waals surface area contributed by atoms with Gasteiger partial charge in [-0.2, -0.15) is 0 Å². The van der Waals surface area contributed by atoms with Crippen molar-refractivity contribution >= 4 is 23.5 Å². The molecule has 116 valence electrons. The van der Waals surface area contributed by atoms with Crippen molar-refractivity contribution in [3.05, 3.63) is 33.8 Å². The van der Waals surface area contributed by atoms with Gasteiger partial charge < -0.3 is 9.47 Å². The second kappa shape index (κ2) is 5.39. The molecule has 4 aliphatic rings. The van der Waals surface area contributed by atoms with Crippen LogP contribution < -0.4 is 0 Å². The molecule has 2 aliphatic heterocycles. The van der Waals surface area contributed by atoms with Crippen LogP contribution >= 0.6 is 11.8 Å². The van der Waals surface area contributed by atoms with Crippen molar-refractivity contribution in [2.45, 2.75) is 32.5 Å². The van der Waals surface area contributed by atoms with Gasteiger partial charge in [-0.15, -0.1) is 11.8 Å². The number of cyclic esters (lactones) is 1. The first-order valence-corrected chi connectivity index (χ1v) is 8.71. The molecule has 0 bridgehead atoms. The quantitative estimate of drug-likeness (QED) is 0.591. The highest BCUT2D eigenvalue weighted by atomic mass is 32.2. The Balaban J connectivity index is 1.41. The molecular weight excluding hydrogens is 300 g/mol. The summed E-state index contributed by atoms with van der Waals surface area (Å²) in [5.74, 6) is 1.91. The van der Waals surface area contributed by atoms with E-state index in [-0.39, 0.29) is 11.8 Å². The minimum absolute atomic E-state index is 0.261. The van der Waals surface area contributed by atoms with Gasteiger partial charge >= 0.3 is 5.97 Å². The molecule has 2 aliphatic carbocycles. The molecule has 0 radical (unpaired) electrons. The third-order valence-electron chi connectivity index (χ3n) is 4.97. The van der Waals surface area contributed by atoms with Gasteiger partial charge in [0.05, 0.1) is 6.61 Å². The SMILES string of the molecule is CC1=CC(OC/C=C2/C(=O)CC3C4=C(CC23)SCC4)OC1=O. The van der Waals surface area contributed by atoms with Crippen LogP contribution in [0.3, 0.4) is 0 Å². The Morgan fingerprint density at radius 2 is 2.23 bits per heavy atom. The highest BCUT2D eigenvalue weighted by Crippen LogP contribution is 2.55. The van der Waals surface area contributed by atoms with Crippen LogP contribution in [0.4, 0.5) is 0 Å². The summed E-state index contributed by atoms with van der Waals surface area (Å²) >= 11 is 1.96. The van der Waals surface area contributed by atoms with Crippen molar-refractivity contribution in [2.24, 2.45) is 11.8 Å². The molecule has 0 amide bonds. The Morgan fingerprint density at radius 3 is 3.00 bits per heavy atom. The lowest BCUT2D eigenvalue weighted by atomic mass is 9.91. The molecule has 2 heterocycles. The summed E-state index contributed by atoms with van der Waals surface area (Å²) in [5, 5.41) is 0. The highest BCUT2D eigenvalue weighted by molar-refractivity contribution is 8.03. The van der Waals surface area contributed by atoms with Crippen LogP contribution in [-0.4, -0.2) is 30.4 Å². The number of esters is 1. The van der Waals surface area contributed by atoms with Crippen LogP contribution in [0.25, 0.3) is 0 Å². The largest absolute Gasteiger partial charge is 0.429 e. The van der Waals surface area contributed by atoms with Crippen LogP contribution in [0, 0.1) is 11.8 Å². The molecule has 0 N–H and O–H groups in total. The third kappa shape index (κ3) is 2.27. The molecule has 0 spiro atoms. The predicted octanol–water partition coefficient (Wildman–Crippen LogP) is 2.76. The molecule has 4 nitrogen and oxygen atoms in total. The van der Waals surface area contributed by atoms with Gasteiger partial charge in [0.15, 0.2) is 5.78 Å². The minimum atomic E-state index is -0.612. The van der Waals surface area contributed by atoms with E-state index >= 15 is 0 Å². The first-order valence-electron chi connectivity index (χ1n) is 7.72. The first-order chi connectivity index (χ1) is 10.6. The smallest absolute Gasteiger partial charge is 0.336 e. The average molecular weight is 318 g/mol. The zero-order valence-electron chi connectivity index (χ0n) is 12.5. The van der Waals surface area contributed by atoms with E-state index in [1.807, 2.05) is 17.8 Å². The van der Waals surface area contributed by atoms with Crippen molar-refractivity contribution in [1.82, 2.24) is 0 Å². The number of ether oxygens (including phenoxy) is 2. The number of Topliss-reactive ketones (excluding diaryl/α,β-unsaturated/α-hetero) is 1. The highest BCUT2D eigenvalue weighted by Gasteiger charge is 2.46. The summed E-state index contributed by atoms with van der Waals surface area (Å²) in [7, 11) is 0. The summed E-state index contributed by atoms with van der Waals surface area (Å²) in [5.41, 5.74) is 3.03. The zero-order chi connectivity index (χ0) is 15.3. The molecule has 0 saturated heterocycles. The van der Waals surface area contributed by atoms with Crippen molar-refractivity contribution in [3.63, 3.8) is 0 Å². The van der Waals surface area contributed by atoms with E-state index in [0.717, 1.165) is 18.4 Å². The van der Waals surface area contributed by atoms with Gasteiger partial charge in [-0.25, -0.2) is 4.79 Å². The molecule has 3 unspecified atom stereocenters. The fraction of sp³-hybridized carbons (Fsp3) is 0.529. The fourth-order valence-electron chi connectivity index (χ4n) is 3.88. The van der Waals surface area contributed by atoms with Gasteiger partial charge in [-0.1, -0.05) is 11.6 Å². The van der Waals surface area contributed by atoms with Gasteiger partial charge in [-0.05, 0) is 48.2 Å². The van der Waals surface area contributed by atoms with Crippen LogP contribution in [-0.2, 0) is 19.1 Å². The van der Waals surface area contributed by atoms with E-state index in [0.29, 0.717) is 30.4 Å². The van der Waals surface area contributed by atoms with Crippen molar-refractivity contribution in [2.75, 3.05) is 12.4 Å². The Bertz CT molecular complexity index is 643. The number of hydrogen-bond donors (Lipinski definition) is 0. The molecular formula is C17H18O4S. The number of carbonyl (C=O) groups is 2. The summed E-state index contributed by atoms with van der Waals surface area (Å²) in [6.07, 6.45) is 5.80. The summed E-state index contributed by atoms with van der Waals surface area (Å²) < 4.78 is 10.6. The van der Waals surface area contributed by atoms with Gasteiger partial charge in [0.1, 0.15) is 0 Å². The lowest BCUT2D eigenvalue weighted by molar-refractivity contribution is -0.157. The molecule has 0 aromatic rings. The van der Waals surface area contributed by atoms with Crippen LogP contribution in [0.5, 0.6) is 0 Å². The Kier molecular flexibility index (Phi) is 3.50. The maximum atomic E-state index is 12.3. The second-order valence-electron chi connectivity index (χ2n) is 6.21. The Labute approximate surface area is 133 Å². The maximum absolute atomic E-state index is 12.3. The van der Waals surface area contributed by atoms with E-state index < -0.39 is 6.29 Å². The second-order valence-corrected chi connectivity index (χ2v) is 7.40. The monoisotopic (exact) mass is 318 g/mol. The van der Waals surface area contributed by atoms with E-state index in [2.05, 4.69) is 0 Å². The summed E-state index contributed by atoms with van der Waals surface area (Å²) in [6, 6.07) is 0. The van der Waals surface area contributed by atoms with Gasteiger partial charge in [0.2, 0.25) is 6.29 Å². The van der Waals surface area contributed by atoms with Crippen molar-refractivity contribution < 1.29 is 19.1 Å². The number of ketones is 1. The van der Waals surface area contributed by atoms with Crippen LogP contribution in [0.15, 0.2) is 33.8 Å². The molecule has 4 rings (SSSR count). The van der Waals surface area contributed by atoms with E-state index in [1.54, 1.807) is 13.0 Å². The Hall–Kier alpha value is -1.33. The summed E-state index contributed by atoms with van der Waals surface area (Å²) in [6.45, 7) is 2.02. The van der Waals surface area contributed by atoms with Crippen molar-refractivity contribution in [3.8, 4) is 0 Å². The van der Waals surface area contributed by atoms with Gasteiger partial charge in [0.25, 0.3) is 0 Å². The van der Waals surface area contributed by atoms with E-state index in [4.69, 9.17) is 9.47 Å². The zero-order valence-corrected chi connectivity index (χ0v) is 13.3. The maximum Gasteiger partial charge on any atom is 0.336 e. The molecule has 5 heteroatoms. The molecule has 1 fully saturated rings.